The first kappa shape index (κ1) is 32.8. The molecular weight excluding hydrogens is 705 g/mol. The molecule has 0 atom stereocenters. The Labute approximate surface area is 336 Å². The topological polar surface area (TPSA) is 21.3 Å². The Morgan fingerprint density at radius 2 is 1.16 bits per heavy atom. The summed E-state index contributed by atoms with van der Waals surface area (Å²) in [5, 5.41) is 7.17. The van der Waals surface area contributed by atoms with Crippen LogP contribution in [-0.2, 0) is 5.41 Å². The molecule has 3 nitrogen and oxygen atoms in total. The minimum absolute atomic E-state index is 0.135. The van der Waals surface area contributed by atoms with Gasteiger partial charge in [0.2, 0.25) is 0 Å². The molecule has 3 heteroatoms. The quantitative estimate of drug-likeness (QED) is 0.175. The van der Waals surface area contributed by atoms with Crippen LogP contribution in [0.2, 0.25) is 0 Å². The highest BCUT2D eigenvalue weighted by molar-refractivity contribution is 6.21. The Balaban J connectivity index is 1.03. The summed E-state index contributed by atoms with van der Waals surface area (Å²) in [5.41, 5.74) is 16.1. The molecule has 0 bridgehead atoms. The number of furan rings is 1. The van der Waals surface area contributed by atoms with Crippen LogP contribution in [0, 0.1) is 0 Å². The number of hydrogen-bond acceptors (Lipinski definition) is 2. The van der Waals surface area contributed by atoms with E-state index in [0.29, 0.717) is 0 Å². The molecule has 1 aliphatic rings. The molecule has 0 aliphatic heterocycles. The molecule has 12 rings (SSSR count). The first-order valence-corrected chi connectivity index (χ1v) is 20.1. The standard InChI is InChI=1S/C55H38N2O/c1-55(2)47-20-10-8-17-42(47)43-30-29-40(34-48(43)55)56(51-22-12-19-45-53-41-16-7-6-13-36(41)26-32-52(53)58-54(45)51)39-27-23-35(24-28-39)37-25-31-50-46(33-37)44-18-9-11-21-49(44)57(50)38-14-4-3-5-15-38/h3-34H,1-2H3. The van der Waals surface area contributed by atoms with Crippen LogP contribution in [-0.4, -0.2) is 4.57 Å². The first-order valence-electron chi connectivity index (χ1n) is 20.1. The van der Waals surface area contributed by atoms with Crippen molar-refractivity contribution in [2.24, 2.45) is 0 Å². The molecule has 0 spiro atoms. The van der Waals surface area contributed by atoms with Crippen LogP contribution in [0.15, 0.2) is 199 Å². The van der Waals surface area contributed by atoms with Crippen molar-refractivity contribution in [3.05, 3.63) is 205 Å². The number of anilines is 3. The zero-order valence-corrected chi connectivity index (χ0v) is 32.3. The smallest absolute Gasteiger partial charge is 0.159 e. The van der Waals surface area contributed by atoms with Crippen LogP contribution in [0.4, 0.5) is 17.1 Å². The van der Waals surface area contributed by atoms with Gasteiger partial charge in [0.1, 0.15) is 5.58 Å². The minimum Gasteiger partial charge on any atom is -0.454 e. The highest BCUT2D eigenvalue weighted by Gasteiger charge is 2.36. The van der Waals surface area contributed by atoms with Gasteiger partial charge in [-0.15, -0.1) is 0 Å². The number of rotatable bonds is 5. The first-order chi connectivity index (χ1) is 28.5. The highest BCUT2D eigenvalue weighted by Crippen LogP contribution is 2.51. The van der Waals surface area contributed by atoms with Gasteiger partial charge in [0.15, 0.2) is 5.58 Å². The maximum Gasteiger partial charge on any atom is 0.159 e. The fourth-order valence-electron chi connectivity index (χ4n) is 9.80. The summed E-state index contributed by atoms with van der Waals surface area (Å²) in [6.07, 6.45) is 0. The number of hydrogen-bond donors (Lipinski definition) is 0. The molecule has 2 heterocycles. The second-order valence-electron chi connectivity index (χ2n) is 16.1. The van der Waals surface area contributed by atoms with Gasteiger partial charge in [-0.05, 0) is 111 Å². The lowest BCUT2D eigenvalue weighted by Gasteiger charge is -2.28. The van der Waals surface area contributed by atoms with E-state index in [4.69, 9.17) is 4.42 Å². The van der Waals surface area contributed by atoms with E-state index in [1.54, 1.807) is 0 Å². The van der Waals surface area contributed by atoms with Crippen LogP contribution >= 0.6 is 0 Å². The van der Waals surface area contributed by atoms with E-state index < -0.39 is 0 Å². The van der Waals surface area contributed by atoms with Crippen molar-refractivity contribution < 1.29 is 4.42 Å². The third kappa shape index (κ3) is 4.74. The van der Waals surface area contributed by atoms with E-state index in [2.05, 4.69) is 217 Å². The third-order valence-electron chi connectivity index (χ3n) is 12.6. The zero-order chi connectivity index (χ0) is 38.5. The van der Waals surface area contributed by atoms with Gasteiger partial charge in [-0.1, -0.05) is 141 Å². The molecule has 0 saturated heterocycles. The van der Waals surface area contributed by atoms with Crippen LogP contribution in [0.1, 0.15) is 25.0 Å². The van der Waals surface area contributed by atoms with E-state index in [1.807, 2.05) is 0 Å². The van der Waals surface area contributed by atoms with Crippen molar-refractivity contribution in [3.63, 3.8) is 0 Å². The van der Waals surface area contributed by atoms with E-state index in [1.165, 1.54) is 66.0 Å². The average molecular weight is 743 g/mol. The Morgan fingerprint density at radius 1 is 0.466 bits per heavy atom. The van der Waals surface area contributed by atoms with Gasteiger partial charge in [-0.25, -0.2) is 0 Å². The highest BCUT2D eigenvalue weighted by atomic mass is 16.3. The van der Waals surface area contributed by atoms with Gasteiger partial charge in [0.05, 0.1) is 16.7 Å². The number of fused-ring (bicyclic) bond motifs is 11. The van der Waals surface area contributed by atoms with Gasteiger partial charge >= 0.3 is 0 Å². The lowest BCUT2D eigenvalue weighted by atomic mass is 9.82. The predicted molar refractivity (Wildman–Crippen MR) is 243 cm³/mol. The average Bonchev–Trinajstić information content (AvgIpc) is 3.90. The van der Waals surface area contributed by atoms with Crippen LogP contribution in [0.25, 0.3) is 82.5 Å². The summed E-state index contributed by atoms with van der Waals surface area (Å²) in [5.74, 6) is 0. The van der Waals surface area contributed by atoms with E-state index in [-0.39, 0.29) is 5.41 Å². The van der Waals surface area contributed by atoms with Crippen LogP contribution in [0.3, 0.4) is 0 Å². The zero-order valence-electron chi connectivity index (χ0n) is 32.3. The van der Waals surface area contributed by atoms with E-state index in [9.17, 15) is 0 Å². The van der Waals surface area contributed by atoms with Gasteiger partial charge in [0, 0.05) is 44.0 Å². The summed E-state index contributed by atoms with van der Waals surface area (Å²) in [4.78, 5) is 2.38. The largest absolute Gasteiger partial charge is 0.454 e. The molecule has 0 radical (unpaired) electrons. The van der Waals surface area contributed by atoms with Crippen LogP contribution in [0.5, 0.6) is 0 Å². The minimum atomic E-state index is -0.135. The van der Waals surface area contributed by atoms with Crippen molar-refractivity contribution in [2.75, 3.05) is 4.90 Å². The number of nitrogens with zero attached hydrogens (tertiary/aromatic N) is 2. The molecule has 0 fully saturated rings. The number of benzene rings is 9. The molecule has 0 amide bonds. The van der Waals surface area contributed by atoms with Crippen molar-refractivity contribution in [3.8, 4) is 27.9 Å². The molecule has 58 heavy (non-hydrogen) atoms. The van der Waals surface area contributed by atoms with Crippen molar-refractivity contribution in [2.45, 2.75) is 19.3 Å². The molecule has 1 aliphatic carbocycles. The third-order valence-corrected chi connectivity index (χ3v) is 12.6. The second kappa shape index (κ2) is 12.3. The SMILES string of the molecule is CC1(C)c2ccccc2-c2ccc(N(c3ccc(-c4ccc5c(c4)c4ccccc4n5-c4ccccc4)cc3)c3cccc4c3oc3ccc5ccccc5c34)cc21. The van der Waals surface area contributed by atoms with Crippen molar-refractivity contribution in [1.29, 1.82) is 0 Å². The monoisotopic (exact) mass is 742 g/mol. The second-order valence-corrected chi connectivity index (χ2v) is 16.1. The van der Waals surface area contributed by atoms with Crippen LogP contribution < -0.4 is 4.90 Å². The van der Waals surface area contributed by atoms with Gasteiger partial charge in [-0.3, -0.25) is 0 Å². The lowest BCUT2D eigenvalue weighted by Crippen LogP contribution is -2.16. The molecule has 0 N–H and O–H groups in total. The van der Waals surface area contributed by atoms with Crippen molar-refractivity contribution >= 4 is 71.6 Å². The maximum absolute atomic E-state index is 6.86. The lowest BCUT2D eigenvalue weighted by molar-refractivity contribution is 0.660. The summed E-state index contributed by atoms with van der Waals surface area (Å²) in [7, 11) is 0. The molecule has 0 saturated carbocycles. The Bertz CT molecular complexity index is 3420. The van der Waals surface area contributed by atoms with Gasteiger partial charge < -0.3 is 13.9 Å². The molecule has 2 aromatic heterocycles. The molecule has 274 valence electrons. The summed E-state index contributed by atoms with van der Waals surface area (Å²) in [6.45, 7) is 4.69. The van der Waals surface area contributed by atoms with Gasteiger partial charge in [-0.2, -0.15) is 0 Å². The molecule has 0 unspecified atom stereocenters. The Hall–Kier alpha value is -7.36. The molecule has 11 aromatic rings. The summed E-state index contributed by atoms with van der Waals surface area (Å²) in [6, 6.07) is 70.6. The number of para-hydroxylation sites is 3. The fraction of sp³-hybridized carbons (Fsp3) is 0.0545. The Morgan fingerprint density at radius 3 is 2.03 bits per heavy atom. The maximum atomic E-state index is 6.86. The fourth-order valence-corrected chi connectivity index (χ4v) is 9.80. The Kier molecular flexibility index (Phi) is 6.98. The predicted octanol–water partition coefficient (Wildman–Crippen LogP) is 15.3. The van der Waals surface area contributed by atoms with E-state index >= 15 is 0 Å². The summed E-state index contributed by atoms with van der Waals surface area (Å²) < 4.78 is 9.23. The van der Waals surface area contributed by atoms with Crippen molar-refractivity contribution in [1.82, 2.24) is 4.57 Å². The molecular formula is C55H38N2O. The normalized spacial score (nSPS) is 13.1. The summed E-state index contributed by atoms with van der Waals surface area (Å²) >= 11 is 0. The van der Waals surface area contributed by atoms with Gasteiger partial charge in [0.25, 0.3) is 0 Å². The van der Waals surface area contributed by atoms with E-state index in [0.717, 1.165) is 44.7 Å². The molecule has 9 aromatic carbocycles. The number of aromatic nitrogens is 1.